The molecule has 1 aromatic heterocycles. The van der Waals surface area contributed by atoms with E-state index in [-0.39, 0.29) is 43.1 Å². The van der Waals surface area contributed by atoms with E-state index in [0.29, 0.717) is 16.9 Å². The summed E-state index contributed by atoms with van der Waals surface area (Å²) < 4.78 is 79.2. The minimum absolute atomic E-state index is 0.00223. The number of alkyl halides is 5. The van der Waals surface area contributed by atoms with Crippen molar-refractivity contribution in [2.24, 2.45) is 0 Å². The number of carbonyl (C=O) groups is 2. The molecule has 5 aromatic rings. The Hall–Kier alpha value is -4.32. The monoisotopic (exact) mass is 991 g/mol. The molecule has 0 saturated heterocycles. The Kier molecular flexibility index (Phi) is 15.7. The van der Waals surface area contributed by atoms with Crippen LogP contribution < -0.4 is 0 Å². The topological polar surface area (TPSA) is 73.5 Å². The average Bonchev–Trinajstić information content (AvgIpc) is 3.55. The Balaban J connectivity index is 0.00000178. The predicted molar refractivity (Wildman–Crippen MR) is 217 cm³/mol. The molecule has 0 amide bonds. The SMILES string of the molecule is CC(=O)O.CC(C)c1cccc(C(C)C)c1-n1ccn(-c2c(C(C)C)cccc2C(C)C)[c]1=[Au]([C](F)(F)F)[C](F)(F)CCCCOC(=O)c1ccc2ccccc2c1. The third-order valence-corrected chi connectivity index (χ3v) is 14.8. The van der Waals surface area contributed by atoms with Gasteiger partial charge in [-0.3, -0.25) is 4.79 Å². The second-order valence-corrected chi connectivity index (χ2v) is 20.7. The van der Waals surface area contributed by atoms with Gasteiger partial charge in [0.05, 0.1) is 0 Å². The number of aromatic nitrogens is 2. The van der Waals surface area contributed by atoms with Gasteiger partial charge in [-0.2, -0.15) is 0 Å². The molecule has 1 N–H and O–H groups in total. The fraction of sp³-hybridized carbons (Fsp3) is 0.413. The van der Waals surface area contributed by atoms with E-state index in [0.717, 1.165) is 39.9 Å². The first kappa shape index (κ1) is 46.4. The molecule has 0 saturated carbocycles. The Bertz CT molecular complexity index is 2150. The van der Waals surface area contributed by atoms with Crippen LogP contribution >= 0.6 is 0 Å². The number of hydrogen-bond acceptors (Lipinski definition) is 3. The molecule has 58 heavy (non-hydrogen) atoms. The average molecular weight is 992 g/mol. The van der Waals surface area contributed by atoms with E-state index < -0.39 is 48.5 Å². The zero-order chi connectivity index (χ0) is 43.1. The maximum absolute atomic E-state index is 16.8. The molecule has 1 heterocycles. The second kappa shape index (κ2) is 19.6. The van der Waals surface area contributed by atoms with Crippen molar-refractivity contribution < 1.29 is 59.4 Å². The number of carboxylic acid groups (broad SMARTS) is 1. The van der Waals surface area contributed by atoms with Crippen molar-refractivity contribution >= 4 is 22.7 Å². The summed E-state index contributed by atoms with van der Waals surface area (Å²) in [7, 11) is 0. The summed E-state index contributed by atoms with van der Waals surface area (Å²) in [6.07, 6.45) is 1.87. The molecule has 0 unspecified atom stereocenters. The number of benzene rings is 4. The molecule has 0 aliphatic rings. The molecule has 0 spiro atoms. The Morgan fingerprint density at radius 2 is 1.09 bits per heavy atom. The molecule has 0 bridgehead atoms. The molecule has 6 nitrogen and oxygen atoms in total. The molecule has 5 rings (SSSR count). The van der Waals surface area contributed by atoms with Gasteiger partial charge in [-0.1, -0.05) is 6.07 Å². The number of esters is 1. The van der Waals surface area contributed by atoms with Crippen LogP contribution in [0.2, 0.25) is 0 Å². The number of ether oxygens (including phenoxy) is 1. The van der Waals surface area contributed by atoms with Gasteiger partial charge >= 0.3 is 317 Å². The summed E-state index contributed by atoms with van der Waals surface area (Å²) in [4.78, 5) is 21.8. The van der Waals surface area contributed by atoms with Gasteiger partial charge in [0.1, 0.15) is 0 Å². The number of para-hydroxylation sites is 2. The molecular formula is C46H55AuF5N2O4. The van der Waals surface area contributed by atoms with Crippen molar-refractivity contribution in [3.05, 3.63) is 123 Å². The first-order chi connectivity index (χ1) is 27.2. The van der Waals surface area contributed by atoms with Gasteiger partial charge in [0.2, 0.25) is 0 Å². The predicted octanol–water partition coefficient (Wildman–Crippen LogP) is 13.3. The van der Waals surface area contributed by atoms with Crippen LogP contribution in [0.4, 0.5) is 22.0 Å². The zero-order valence-corrected chi connectivity index (χ0v) is 36.7. The fourth-order valence-electron chi connectivity index (χ4n) is 6.76. The summed E-state index contributed by atoms with van der Waals surface area (Å²) in [6, 6.07) is 23.9. The van der Waals surface area contributed by atoms with E-state index in [4.69, 9.17) is 14.6 Å². The quantitative estimate of drug-likeness (QED) is 0.0552. The van der Waals surface area contributed by atoms with E-state index in [1.807, 2.05) is 116 Å². The number of fused-ring (bicyclic) bond motifs is 1. The summed E-state index contributed by atoms with van der Waals surface area (Å²) in [5.74, 6) is -1.77. The van der Waals surface area contributed by atoms with Crippen LogP contribution in [0.15, 0.2) is 91.3 Å². The normalized spacial score (nSPS) is 12.3. The van der Waals surface area contributed by atoms with Gasteiger partial charge in [0.25, 0.3) is 5.97 Å². The van der Waals surface area contributed by atoms with Crippen molar-refractivity contribution in [1.29, 1.82) is 0 Å². The standard InChI is InChI=1S/C27H36N2.C16H15F2O2.C2H4O2.CF3.Au/c1-18(2)22-11-9-12-23(19(3)4)26(22)28-15-16-29(17-28)27-24(20(5)6)13-10-14-25(27)21(7)8;17-15(18)7-3-4-10-20-16(19)14-9-8-12-5-1-2-6-13(12)11-14;1-2(3)4;2-1(3)4;/h9-16,18-21H,1-8H3;1-2,5-6,8-9,11H,3-4,7,10H2;1H3,(H,3,4);;. The number of rotatable bonds is 13. The molecule has 12 heteroatoms. The molecule has 0 atom stereocenters. The molecular weight excluding hydrogens is 936 g/mol. The van der Waals surface area contributed by atoms with E-state index in [2.05, 4.69) is 0 Å². The van der Waals surface area contributed by atoms with Crippen LogP contribution in [-0.4, -0.2) is 41.3 Å². The number of imidazole rings is 1. The summed E-state index contributed by atoms with van der Waals surface area (Å²) in [6.45, 7) is 16.6. The number of unbranched alkanes of at least 4 members (excludes halogenated alkanes) is 1. The molecule has 4 aromatic carbocycles. The number of aliphatic carboxylic acids is 1. The maximum atomic E-state index is 16.8. The van der Waals surface area contributed by atoms with Crippen molar-refractivity contribution in [2.75, 3.05) is 6.61 Å². The Morgan fingerprint density at radius 3 is 1.50 bits per heavy atom. The van der Waals surface area contributed by atoms with Gasteiger partial charge in [-0.05, 0) is 0 Å². The van der Waals surface area contributed by atoms with Crippen LogP contribution in [0.3, 0.4) is 0 Å². The van der Waals surface area contributed by atoms with Crippen LogP contribution in [0.5, 0.6) is 0 Å². The molecule has 0 fully saturated rings. The fourth-order valence-corrected chi connectivity index (χ4v) is 11.7. The zero-order valence-electron chi connectivity index (χ0n) is 34.6. The molecule has 319 valence electrons. The van der Waals surface area contributed by atoms with Crippen molar-refractivity contribution in [1.82, 2.24) is 9.13 Å². The van der Waals surface area contributed by atoms with Gasteiger partial charge in [-0.15, -0.1) is 0 Å². The molecule has 0 aliphatic heterocycles. The Morgan fingerprint density at radius 1 is 0.655 bits per heavy atom. The first-order valence-corrected chi connectivity index (χ1v) is 22.7. The number of hydrogen-bond donors (Lipinski definition) is 1. The van der Waals surface area contributed by atoms with Gasteiger partial charge in [0.15, 0.2) is 0 Å². The summed E-state index contributed by atoms with van der Waals surface area (Å²) >= 11 is -5.36. The van der Waals surface area contributed by atoms with Crippen LogP contribution in [0.25, 0.3) is 22.1 Å². The third kappa shape index (κ3) is 11.0. The van der Waals surface area contributed by atoms with Crippen molar-refractivity contribution in [3.8, 4) is 11.4 Å². The molecule has 0 aliphatic carbocycles. The number of halogens is 5. The van der Waals surface area contributed by atoms with E-state index >= 15 is 22.0 Å². The number of carboxylic acids is 1. The number of carbonyl (C=O) groups excluding carboxylic acids is 1. The van der Waals surface area contributed by atoms with Crippen molar-refractivity contribution in [3.63, 3.8) is 0 Å². The summed E-state index contributed by atoms with van der Waals surface area (Å²) in [5, 5.41) is 9.22. The van der Waals surface area contributed by atoms with Crippen LogP contribution in [0, 0.1) is 3.63 Å². The van der Waals surface area contributed by atoms with Crippen LogP contribution in [-0.2, 0) is 27.5 Å². The first-order valence-electron chi connectivity index (χ1n) is 19.4. The van der Waals surface area contributed by atoms with E-state index in [9.17, 15) is 4.79 Å². The van der Waals surface area contributed by atoms with Gasteiger partial charge < -0.3 is 5.11 Å². The third-order valence-electron chi connectivity index (χ3n) is 9.47. The number of nitrogens with zero attached hydrogens (tertiary/aromatic N) is 2. The second-order valence-electron chi connectivity index (χ2n) is 15.3. The molecule has 0 radical (unpaired) electrons. The minimum atomic E-state index is -5.36. The van der Waals surface area contributed by atoms with Gasteiger partial charge in [0, 0.05) is 6.92 Å². The van der Waals surface area contributed by atoms with E-state index in [1.54, 1.807) is 30.6 Å². The summed E-state index contributed by atoms with van der Waals surface area (Å²) in [5.41, 5.74) is 4.55. The Labute approximate surface area is 344 Å². The van der Waals surface area contributed by atoms with Crippen LogP contribution in [0.1, 0.15) is 138 Å². The van der Waals surface area contributed by atoms with Crippen molar-refractivity contribution in [2.45, 2.75) is 114 Å². The van der Waals surface area contributed by atoms with Gasteiger partial charge in [-0.25, -0.2) is 0 Å². The van der Waals surface area contributed by atoms with E-state index in [1.165, 1.54) is 9.13 Å².